The van der Waals surface area contributed by atoms with Crippen LogP contribution in [0.2, 0.25) is 0 Å². The number of nitrogens with two attached hydrogens (primary N) is 1. The Labute approximate surface area is 91.2 Å². The fourth-order valence-corrected chi connectivity index (χ4v) is 2.49. The van der Waals surface area contributed by atoms with E-state index in [1.54, 1.807) is 6.26 Å². The topological polar surface area (TPSA) is 42.4 Å². The maximum atomic E-state index is 6.19. The summed E-state index contributed by atoms with van der Waals surface area (Å²) in [6.07, 6.45) is 5.22. The van der Waals surface area contributed by atoms with E-state index in [-0.39, 0.29) is 12.1 Å². The van der Waals surface area contributed by atoms with E-state index in [0.29, 0.717) is 0 Å². The van der Waals surface area contributed by atoms with Gasteiger partial charge in [0.25, 0.3) is 0 Å². The molecule has 0 aromatic carbocycles. The van der Waals surface area contributed by atoms with E-state index in [1.807, 2.05) is 12.1 Å². The van der Waals surface area contributed by atoms with Gasteiger partial charge in [-0.25, -0.2) is 0 Å². The number of hydrogen-bond donors (Lipinski definition) is 1. The molecule has 0 spiro atoms. The number of hydrogen-bond acceptors (Lipinski definition) is 3. The molecule has 3 nitrogen and oxygen atoms in total. The van der Waals surface area contributed by atoms with Crippen LogP contribution in [0.5, 0.6) is 0 Å². The van der Waals surface area contributed by atoms with Crippen molar-refractivity contribution < 1.29 is 4.42 Å². The zero-order valence-corrected chi connectivity index (χ0v) is 9.36. The molecule has 84 valence electrons. The SMILES string of the molecule is CCCN1CCCC(N)C1c1ccco1. The number of furan rings is 1. The van der Waals surface area contributed by atoms with Crippen molar-refractivity contribution in [1.82, 2.24) is 4.90 Å². The molecule has 3 heteroatoms. The van der Waals surface area contributed by atoms with Crippen LogP contribution in [-0.2, 0) is 0 Å². The summed E-state index contributed by atoms with van der Waals surface area (Å²) >= 11 is 0. The smallest absolute Gasteiger partial charge is 0.122 e. The van der Waals surface area contributed by atoms with Crippen LogP contribution >= 0.6 is 0 Å². The molecule has 1 fully saturated rings. The average Bonchev–Trinajstić information content (AvgIpc) is 2.71. The van der Waals surface area contributed by atoms with Gasteiger partial charge in [-0.05, 0) is 44.5 Å². The van der Waals surface area contributed by atoms with Crippen LogP contribution in [0.1, 0.15) is 38.0 Å². The van der Waals surface area contributed by atoms with Gasteiger partial charge < -0.3 is 10.2 Å². The van der Waals surface area contributed by atoms with E-state index in [2.05, 4.69) is 11.8 Å². The molecule has 1 aliphatic rings. The number of nitrogens with zero attached hydrogens (tertiary/aromatic N) is 1. The lowest BCUT2D eigenvalue weighted by atomic mass is 9.95. The third kappa shape index (κ3) is 2.24. The van der Waals surface area contributed by atoms with Crippen LogP contribution in [-0.4, -0.2) is 24.0 Å². The van der Waals surface area contributed by atoms with E-state index in [4.69, 9.17) is 10.2 Å². The second-order valence-corrected chi connectivity index (χ2v) is 4.30. The van der Waals surface area contributed by atoms with Gasteiger partial charge in [-0.2, -0.15) is 0 Å². The van der Waals surface area contributed by atoms with E-state index in [1.165, 1.54) is 12.8 Å². The highest BCUT2D eigenvalue weighted by Crippen LogP contribution is 2.30. The van der Waals surface area contributed by atoms with Crippen molar-refractivity contribution >= 4 is 0 Å². The second kappa shape index (κ2) is 4.81. The van der Waals surface area contributed by atoms with Gasteiger partial charge >= 0.3 is 0 Å². The minimum absolute atomic E-state index is 0.219. The van der Waals surface area contributed by atoms with Crippen LogP contribution in [0.3, 0.4) is 0 Å². The van der Waals surface area contributed by atoms with Gasteiger partial charge in [0, 0.05) is 6.04 Å². The lowest BCUT2D eigenvalue weighted by Crippen LogP contribution is -2.45. The van der Waals surface area contributed by atoms with Gasteiger partial charge in [-0.1, -0.05) is 6.92 Å². The van der Waals surface area contributed by atoms with Crippen LogP contribution < -0.4 is 5.73 Å². The van der Waals surface area contributed by atoms with Crippen LogP contribution in [0.4, 0.5) is 0 Å². The highest BCUT2D eigenvalue weighted by Gasteiger charge is 2.31. The van der Waals surface area contributed by atoms with Crippen molar-refractivity contribution in [2.45, 2.75) is 38.3 Å². The zero-order chi connectivity index (χ0) is 10.7. The summed E-state index contributed by atoms with van der Waals surface area (Å²) in [4.78, 5) is 2.45. The lowest BCUT2D eigenvalue weighted by Gasteiger charge is -2.38. The van der Waals surface area contributed by atoms with Gasteiger partial charge in [0.05, 0.1) is 12.3 Å². The summed E-state index contributed by atoms with van der Waals surface area (Å²) in [6.45, 7) is 4.46. The molecule has 0 amide bonds. The van der Waals surface area contributed by atoms with Crippen molar-refractivity contribution in [3.05, 3.63) is 24.2 Å². The van der Waals surface area contributed by atoms with E-state index in [9.17, 15) is 0 Å². The number of rotatable bonds is 3. The molecule has 1 aromatic rings. The first-order valence-corrected chi connectivity index (χ1v) is 5.86. The Morgan fingerprint density at radius 2 is 2.47 bits per heavy atom. The Bertz CT molecular complexity index is 282. The molecule has 0 aliphatic carbocycles. The van der Waals surface area contributed by atoms with E-state index < -0.39 is 0 Å². The first-order chi connectivity index (χ1) is 7.33. The molecule has 2 unspecified atom stereocenters. The van der Waals surface area contributed by atoms with Gasteiger partial charge in [0.1, 0.15) is 5.76 Å². The molecule has 2 atom stereocenters. The molecule has 1 saturated heterocycles. The van der Waals surface area contributed by atoms with Crippen molar-refractivity contribution in [3.63, 3.8) is 0 Å². The van der Waals surface area contributed by atoms with Gasteiger partial charge in [0.2, 0.25) is 0 Å². The predicted octanol–water partition coefficient (Wildman–Crippen LogP) is 2.15. The molecule has 0 bridgehead atoms. The Kier molecular flexibility index (Phi) is 3.44. The predicted molar refractivity (Wildman–Crippen MR) is 60.5 cm³/mol. The third-order valence-corrected chi connectivity index (χ3v) is 3.13. The number of piperidine rings is 1. The molecular formula is C12H20N2O. The quantitative estimate of drug-likeness (QED) is 0.827. The standard InChI is InChI=1S/C12H20N2O/c1-2-7-14-8-3-5-10(13)12(14)11-6-4-9-15-11/h4,6,9-10,12H,2-3,5,7-8,13H2,1H3. The van der Waals surface area contributed by atoms with E-state index in [0.717, 1.165) is 25.3 Å². The molecule has 2 rings (SSSR count). The summed E-state index contributed by atoms with van der Waals surface area (Å²) < 4.78 is 5.50. The van der Waals surface area contributed by atoms with Crippen LogP contribution in [0, 0.1) is 0 Å². The van der Waals surface area contributed by atoms with Crippen molar-refractivity contribution in [3.8, 4) is 0 Å². The minimum Gasteiger partial charge on any atom is -0.468 e. The van der Waals surface area contributed by atoms with Crippen molar-refractivity contribution in [2.24, 2.45) is 5.73 Å². The lowest BCUT2D eigenvalue weighted by molar-refractivity contribution is 0.111. The Balaban J connectivity index is 2.15. The fourth-order valence-electron chi connectivity index (χ4n) is 2.49. The highest BCUT2D eigenvalue weighted by atomic mass is 16.3. The second-order valence-electron chi connectivity index (χ2n) is 4.30. The summed E-state index contributed by atoms with van der Waals surface area (Å²) in [6, 6.07) is 4.49. The first kappa shape index (κ1) is 10.7. The molecule has 0 radical (unpaired) electrons. The van der Waals surface area contributed by atoms with Gasteiger partial charge in [-0.3, -0.25) is 4.90 Å². The first-order valence-electron chi connectivity index (χ1n) is 5.86. The van der Waals surface area contributed by atoms with E-state index >= 15 is 0 Å². The third-order valence-electron chi connectivity index (χ3n) is 3.13. The Morgan fingerprint density at radius 1 is 1.60 bits per heavy atom. The normalized spacial score (nSPS) is 28.1. The zero-order valence-electron chi connectivity index (χ0n) is 9.36. The summed E-state index contributed by atoms with van der Waals surface area (Å²) in [5.41, 5.74) is 6.19. The van der Waals surface area contributed by atoms with Gasteiger partial charge in [-0.15, -0.1) is 0 Å². The van der Waals surface area contributed by atoms with Gasteiger partial charge in [0.15, 0.2) is 0 Å². The summed E-state index contributed by atoms with van der Waals surface area (Å²) in [7, 11) is 0. The molecule has 2 N–H and O–H groups in total. The largest absolute Gasteiger partial charge is 0.468 e. The molecule has 15 heavy (non-hydrogen) atoms. The fraction of sp³-hybridized carbons (Fsp3) is 0.667. The highest BCUT2D eigenvalue weighted by molar-refractivity contribution is 5.09. The maximum Gasteiger partial charge on any atom is 0.122 e. The Morgan fingerprint density at radius 3 is 3.13 bits per heavy atom. The summed E-state index contributed by atoms with van der Waals surface area (Å²) in [5.74, 6) is 1.02. The maximum absolute atomic E-state index is 6.19. The molecule has 1 aliphatic heterocycles. The monoisotopic (exact) mass is 208 g/mol. The number of likely N-dealkylation sites (tertiary alicyclic amines) is 1. The van der Waals surface area contributed by atoms with Crippen molar-refractivity contribution in [1.29, 1.82) is 0 Å². The molecule has 1 aromatic heterocycles. The molecule has 0 saturated carbocycles. The molecule has 2 heterocycles. The van der Waals surface area contributed by atoms with Crippen LogP contribution in [0.25, 0.3) is 0 Å². The van der Waals surface area contributed by atoms with Crippen LogP contribution in [0.15, 0.2) is 22.8 Å². The summed E-state index contributed by atoms with van der Waals surface area (Å²) in [5, 5.41) is 0. The average molecular weight is 208 g/mol. The Hall–Kier alpha value is -0.800. The minimum atomic E-state index is 0.219. The van der Waals surface area contributed by atoms with Crippen molar-refractivity contribution in [2.75, 3.05) is 13.1 Å². The molecular weight excluding hydrogens is 188 g/mol.